The molecule has 0 bridgehead atoms. The van der Waals surface area contributed by atoms with Crippen molar-refractivity contribution < 1.29 is 8.42 Å². The molecule has 112 valence electrons. The van der Waals surface area contributed by atoms with Gasteiger partial charge in [0.05, 0.1) is 10.6 Å². The summed E-state index contributed by atoms with van der Waals surface area (Å²) in [6, 6.07) is 20.1. The molecule has 0 saturated carbocycles. The van der Waals surface area contributed by atoms with Gasteiger partial charge in [0.1, 0.15) is 0 Å². The predicted molar refractivity (Wildman–Crippen MR) is 93.7 cm³/mol. The molecule has 3 nitrogen and oxygen atoms in total. The fraction of sp³-hybridized carbons (Fsp3) is 0.0588. The lowest BCUT2D eigenvalue weighted by Crippen LogP contribution is -2.26. The third kappa shape index (κ3) is 2.74. The highest BCUT2D eigenvalue weighted by atomic mass is 79.9. The molecule has 0 amide bonds. The van der Waals surface area contributed by atoms with E-state index >= 15 is 0 Å². The van der Waals surface area contributed by atoms with Crippen LogP contribution < -0.4 is 4.31 Å². The van der Waals surface area contributed by atoms with Crippen molar-refractivity contribution in [3.63, 3.8) is 0 Å². The molecule has 0 aliphatic heterocycles. The first kappa shape index (κ1) is 15.1. The van der Waals surface area contributed by atoms with E-state index in [1.54, 1.807) is 31.3 Å². The third-order valence-electron chi connectivity index (χ3n) is 3.55. The fourth-order valence-corrected chi connectivity index (χ4v) is 3.91. The summed E-state index contributed by atoms with van der Waals surface area (Å²) in [6.45, 7) is 0. The normalized spacial score (nSPS) is 11.5. The minimum atomic E-state index is -3.59. The van der Waals surface area contributed by atoms with E-state index in [1.807, 2.05) is 42.5 Å². The van der Waals surface area contributed by atoms with Crippen molar-refractivity contribution in [2.45, 2.75) is 4.90 Å². The first-order valence-corrected chi connectivity index (χ1v) is 8.95. The SMILES string of the molecule is CN(c1cccc(Br)c1)S(=O)(=O)c1ccc2ccccc2c1. The van der Waals surface area contributed by atoms with Crippen LogP contribution in [0.25, 0.3) is 10.8 Å². The smallest absolute Gasteiger partial charge is 0.264 e. The van der Waals surface area contributed by atoms with Gasteiger partial charge >= 0.3 is 0 Å². The number of hydrogen-bond acceptors (Lipinski definition) is 2. The van der Waals surface area contributed by atoms with Crippen LogP contribution in [0.5, 0.6) is 0 Å². The van der Waals surface area contributed by atoms with Crippen molar-refractivity contribution in [2.75, 3.05) is 11.4 Å². The molecule has 0 spiro atoms. The van der Waals surface area contributed by atoms with Gasteiger partial charge in [0.15, 0.2) is 0 Å². The molecule has 0 unspecified atom stereocenters. The molecule has 0 radical (unpaired) electrons. The van der Waals surface area contributed by atoms with E-state index in [0.29, 0.717) is 5.69 Å². The zero-order valence-corrected chi connectivity index (χ0v) is 14.3. The van der Waals surface area contributed by atoms with Gasteiger partial charge < -0.3 is 0 Å². The summed E-state index contributed by atoms with van der Waals surface area (Å²) in [4.78, 5) is 0.286. The second-order valence-electron chi connectivity index (χ2n) is 4.96. The van der Waals surface area contributed by atoms with Gasteiger partial charge in [-0.15, -0.1) is 0 Å². The molecule has 3 aromatic rings. The number of halogens is 1. The Morgan fingerprint density at radius 3 is 2.32 bits per heavy atom. The number of hydrogen-bond donors (Lipinski definition) is 0. The average Bonchev–Trinajstić information content (AvgIpc) is 2.53. The lowest BCUT2D eigenvalue weighted by Gasteiger charge is -2.20. The van der Waals surface area contributed by atoms with E-state index in [1.165, 1.54) is 4.31 Å². The maximum atomic E-state index is 12.8. The third-order valence-corrected chi connectivity index (χ3v) is 5.83. The van der Waals surface area contributed by atoms with Gasteiger partial charge in [0.25, 0.3) is 10.0 Å². The Morgan fingerprint density at radius 2 is 1.59 bits per heavy atom. The van der Waals surface area contributed by atoms with Crippen molar-refractivity contribution in [1.29, 1.82) is 0 Å². The van der Waals surface area contributed by atoms with Crippen molar-refractivity contribution >= 4 is 42.4 Å². The standard InChI is InChI=1S/C17H14BrNO2S/c1-19(16-8-4-7-15(18)12-16)22(20,21)17-10-9-13-5-2-3-6-14(13)11-17/h2-12H,1H3. The van der Waals surface area contributed by atoms with Gasteiger partial charge in [0.2, 0.25) is 0 Å². The number of sulfonamides is 1. The van der Waals surface area contributed by atoms with Crippen molar-refractivity contribution in [1.82, 2.24) is 0 Å². The average molecular weight is 376 g/mol. The van der Waals surface area contributed by atoms with Crippen LogP contribution in [0.15, 0.2) is 76.1 Å². The first-order chi connectivity index (χ1) is 10.5. The van der Waals surface area contributed by atoms with Gasteiger partial charge in [-0.05, 0) is 41.1 Å². The van der Waals surface area contributed by atoms with Crippen LogP contribution in [0, 0.1) is 0 Å². The molecule has 3 rings (SSSR count). The van der Waals surface area contributed by atoms with Crippen LogP contribution in [0.1, 0.15) is 0 Å². The van der Waals surface area contributed by atoms with E-state index in [4.69, 9.17) is 0 Å². The fourth-order valence-electron chi connectivity index (χ4n) is 2.30. The van der Waals surface area contributed by atoms with Gasteiger partial charge in [-0.3, -0.25) is 4.31 Å². The molecule has 3 aromatic carbocycles. The number of fused-ring (bicyclic) bond motifs is 1. The highest BCUT2D eigenvalue weighted by molar-refractivity contribution is 9.10. The lowest BCUT2D eigenvalue weighted by molar-refractivity contribution is 0.594. The van der Waals surface area contributed by atoms with Gasteiger partial charge in [-0.1, -0.05) is 52.3 Å². The Morgan fingerprint density at radius 1 is 0.864 bits per heavy atom. The Hall–Kier alpha value is -1.85. The number of nitrogens with zero attached hydrogens (tertiary/aromatic N) is 1. The Labute approximate surface area is 138 Å². The van der Waals surface area contributed by atoms with E-state index in [0.717, 1.165) is 15.2 Å². The molecular formula is C17H14BrNO2S. The van der Waals surface area contributed by atoms with Crippen LogP contribution in [-0.2, 0) is 10.0 Å². The summed E-state index contributed by atoms with van der Waals surface area (Å²) in [7, 11) is -2.03. The van der Waals surface area contributed by atoms with Crippen molar-refractivity contribution in [2.24, 2.45) is 0 Å². The minimum absolute atomic E-state index is 0.286. The molecule has 0 heterocycles. The van der Waals surface area contributed by atoms with E-state index in [9.17, 15) is 8.42 Å². The number of anilines is 1. The van der Waals surface area contributed by atoms with Crippen LogP contribution in [0.4, 0.5) is 5.69 Å². The predicted octanol–water partition coefficient (Wildman–Crippen LogP) is 4.43. The van der Waals surface area contributed by atoms with Gasteiger partial charge in [0, 0.05) is 11.5 Å². The van der Waals surface area contributed by atoms with E-state index < -0.39 is 10.0 Å². The molecule has 0 aliphatic carbocycles. The number of benzene rings is 3. The molecule has 22 heavy (non-hydrogen) atoms. The largest absolute Gasteiger partial charge is 0.269 e. The van der Waals surface area contributed by atoms with Gasteiger partial charge in [-0.2, -0.15) is 0 Å². The summed E-state index contributed by atoms with van der Waals surface area (Å²) in [5, 5.41) is 1.93. The van der Waals surface area contributed by atoms with Crippen LogP contribution in [-0.4, -0.2) is 15.5 Å². The Kier molecular flexibility index (Phi) is 3.93. The zero-order chi connectivity index (χ0) is 15.7. The molecule has 0 fully saturated rings. The van der Waals surface area contributed by atoms with Crippen LogP contribution in [0.3, 0.4) is 0 Å². The second kappa shape index (κ2) is 5.74. The maximum Gasteiger partial charge on any atom is 0.264 e. The van der Waals surface area contributed by atoms with Crippen molar-refractivity contribution in [3.8, 4) is 0 Å². The topological polar surface area (TPSA) is 37.4 Å². The summed E-state index contributed by atoms with van der Waals surface area (Å²) >= 11 is 3.36. The Balaban J connectivity index is 2.07. The van der Waals surface area contributed by atoms with Crippen LogP contribution >= 0.6 is 15.9 Å². The quantitative estimate of drug-likeness (QED) is 0.678. The molecule has 0 aliphatic rings. The molecule has 0 N–H and O–H groups in total. The zero-order valence-electron chi connectivity index (χ0n) is 11.9. The number of rotatable bonds is 3. The minimum Gasteiger partial charge on any atom is -0.269 e. The summed E-state index contributed by atoms with van der Waals surface area (Å²) in [5.41, 5.74) is 0.613. The second-order valence-corrected chi connectivity index (χ2v) is 7.85. The maximum absolute atomic E-state index is 12.8. The summed E-state index contributed by atoms with van der Waals surface area (Å²) in [6.07, 6.45) is 0. The Bertz CT molecular complexity index is 938. The summed E-state index contributed by atoms with van der Waals surface area (Å²) < 4.78 is 27.7. The first-order valence-electron chi connectivity index (χ1n) is 6.72. The molecule has 0 atom stereocenters. The highest BCUT2D eigenvalue weighted by Crippen LogP contribution is 2.26. The highest BCUT2D eigenvalue weighted by Gasteiger charge is 2.21. The van der Waals surface area contributed by atoms with E-state index in [2.05, 4.69) is 15.9 Å². The van der Waals surface area contributed by atoms with Crippen molar-refractivity contribution in [3.05, 3.63) is 71.2 Å². The molecule has 0 saturated heterocycles. The monoisotopic (exact) mass is 375 g/mol. The van der Waals surface area contributed by atoms with E-state index in [-0.39, 0.29) is 4.90 Å². The lowest BCUT2D eigenvalue weighted by atomic mass is 10.1. The molecule has 5 heteroatoms. The van der Waals surface area contributed by atoms with Crippen LogP contribution in [0.2, 0.25) is 0 Å². The summed E-state index contributed by atoms with van der Waals surface area (Å²) in [5.74, 6) is 0. The molecular weight excluding hydrogens is 362 g/mol. The van der Waals surface area contributed by atoms with Gasteiger partial charge in [-0.25, -0.2) is 8.42 Å². The molecule has 0 aromatic heterocycles.